The van der Waals surface area contributed by atoms with Gasteiger partial charge in [-0.25, -0.2) is 0 Å². The fraction of sp³-hybridized carbons (Fsp3) is 0.0714. The highest BCUT2D eigenvalue weighted by Gasteiger charge is 2.33. The van der Waals surface area contributed by atoms with Crippen LogP contribution in [0.1, 0.15) is 4.88 Å². The lowest BCUT2D eigenvalue weighted by Crippen LogP contribution is -2.20. The maximum Gasteiger partial charge on any atom is 0.432 e. The first kappa shape index (κ1) is 19.4. The predicted molar refractivity (Wildman–Crippen MR) is 91.0 cm³/mol. The van der Waals surface area contributed by atoms with E-state index in [2.05, 4.69) is 5.32 Å². The smallest absolute Gasteiger partial charge is 0.353 e. The molecule has 11 heteroatoms. The summed E-state index contributed by atoms with van der Waals surface area (Å²) in [4.78, 5) is 0.0709. The van der Waals surface area contributed by atoms with Gasteiger partial charge in [-0.2, -0.15) is 21.6 Å². The zero-order chi connectivity index (χ0) is 18.8. The van der Waals surface area contributed by atoms with Gasteiger partial charge in [-0.3, -0.25) is 9.96 Å². The molecule has 0 aliphatic carbocycles. The Morgan fingerprint density at radius 2 is 1.88 bits per heavy atom. The number of hydrogen-bond donors (Lipinski definition) is 3. The quantitative estimate of drug-likeness (QED) is 0.493. The van der Waals surface area contributed by atoms with Crippen molar-refractivity contribution in [3.8, 4) is 0 Å². The van der Waals surface area contributed by atoms with E-state index in [1.165, 1.54) is 18.2 Å². The second-order valence-electron chi connectivity index (χ2n) is 4.67. The summed E-state index contributed by atoms with van der Waals surface area (Å²) >= 11 is 6.51. The summed E-state index contributed by atoms with van der Waals surface area (Å²) in [6.45, 7) is 0. The fourth-order valence-electron chi connectivity index (χ4n) is 1.71. The van der Waals surface area contributed by atoms with Crippen LogP contribution in [0.3, 0.4) is 0 Å². The molecular formula is C14H10ClF3N2O3S2. The van der Waals surface area contributed by atoms with Crippen LogP contribution < -0.4 is 5.32 Å². The van der Waals surface area contributed by atoms with Crippen molar-refractivity contribution in [1.29, 1.82) is 5.41 Å². The largest absolute Gasteiger partial charge is 0.432 e. The standard InChI is InChI=1S/C14H10ClF3N2O3S2/c15-8-3-1-2-4-9(8)20-10(7-12(19)14(16,17)18)11-5-6-13(24-11)25(21,22)23/h1-7,19-20H,(H,21,22,23)/b10-7-,19-12?. The Hall–Kier alpha value is -1.88. The van der Waals surface area contributed by atoms with Crippen LogP contribution in [0.4, 0.5) is 18.9 Å². The molecule has 0 saturated carbocycles. The summed E-state index contributed by atoms with van der Waals surface area (Å²) in [6, 6.07) is 8.50. The molecule has 0 atom stereocenters. The number of rotatable bonds is 5. The zero-order valence-electron chi connectivity index (χ0n) is 12.1. The summed E-state index contributed by atoms with van der Waals surface area (Å²) in [5.74, 6) is 0. The molecule has 0 radical (unpaired) electrons. The molecule has 0 aliphatic rings. The van der Waals surface area contributed by atoms with Crippen molar-refractivity contribution in [2.24, 2.45) is 0 Å². The number of halogens is 4. The number of nitrogens with one attached hydrogen (secondary N) is 2. The van der Waals surface area contributed by atoms with E-state index in [0.29, 0.717) is 17.4 Å². The Kier molecular flexibility index (Phi) is 5.57. The molecule has 0 fully saturated rings. The molecule has 2 rings (SSSR count). The minimum atomic E-state index is -4.88. The van der Waals surface area contributed by atoms with E-state index in [0.717, 1.165) is 6.07 Å². The number of alkyl halides is 3. The maximum absolute atomic E-state index is 12.7. The summed E-state index contributed by atoms with van der Waals surface area (Å²) in [5.41, 5.74) is -1.55. The first-order valence-corrected chi connectivity index (χ1v) is 9.08. The van der Waals surface area contributed by atoms with Gasteiger partial charge in [0, 0.05) is 0 Å². The van der Waals surface area contributed by atoms with Crippen molar-refractivity contribution in [1.82, 2.24) is 0 Å². The number of allylic oxidation sites excluding steroid dienone is 1. The highest BCUT2D eigenvalue weighted by molar-refractivity contribution is 7.88. The van der Waals surface area contributed by atoms with E-state index in [4.69, 9.17) is 21.6 Å². The van der Waals surface area contributed by atoms with E-state index in [1.807, 2.05) is 0 Å². The topological polar surface area (TPSA) is 90.3 Å². The van der Waals surface area contributed by atoms with E-state index in [1.54, 1.807) is 12.1 Å². The van der Waals surface area contributed by atoms with Gasteiger partial charge in [-0.05, 0) is 30.3 Å². The van der Waals surface area contributed by atoms with Crippen molar-refractivity contribution in [3.63, 3.8) is 0 Å². The number of hydrogen-bond acceptors (Lipinski definition) is 5. The summed E-state index contributed by atoms with van der Waals surface area (Å²) in [5, 5.41) is 10.0. The minimum absolute atomic E-state index is 0.0709. The zero-order valence-corrected chi connectivity index (χ0v) is 14.5. The third kappa shape index (κ3) is 5.05. The van der Waals surface area contributed by atoms with E-state index < -0.39 is 26.2 Å². The average Bonchev–Trinajstić information content (AvgIpc) is 2.97. The summed E-state index contributed by atoms with van der Waals surface area (Å²) < 4.78 is 68.9. The van der Waals surface area contributed by atoms with Gasteiger partial charge >= 0.3 is 16.3 Å². The number of benzene rings is 1. The molecule has 3 N–H and O–H groups in total. The first-order chi connectivity index (χ1) is 11.5. The van der Waals surface area contributed by atoms with E-state index in [-0.39, 0.29) is 21.3 Å². The Bertz CT molecular complexity index is 937. The normalized spacial score (nSPS) is 12.9. The van der Waals surface area contributed by atoms with Gasteiger partial charge in [-0.15, -0.1) is 11.3 Å². The molecule has 0 amide bonds. The lowest BCUT2D eigenvalue weighted by atomic mass is 10.2. The number of anilines is 1. The molecule has 0 unspecified atom stereocenters. The van der Waals surface area contributed by atoms with Gasteiger partial charge in [0.05, 0.1) is 21.3 Å². The van der Waals surface area contributed by atoms with Crippen LogP contribution in [-0.4, -0.2) is 24.9 Å². The van der Waals surface area contributed by atoms with Gasteiger partial charge in [0.1, 0.15) is 9.92 Å². The van der Waals surface area contributed by atoms with Gasteiger partial charge in [-0.1, -0.05) is 23.7 Å². The molecule has 1 aromatic heterocycles. The summed E-state index contributed by atoms with van der Waals surface area (Å²) in [6.07, 6.45) is -4.36. The van der Waals surface area contributed by atoms with Crippen LogP contribution in [-0.2, 0) is 10.1 Å². The molecule has 25 heavy (non-hydrogen) atoms. The van der Waals surface area contributed by atoms with E-state index in [9.17, 15) is 21.6 Å². The SMILES string of the molecule is N=C(/C=C(\Nc1ccccc1Cl)c1ccc(S(=O)(=O)O)s1)C(F)(F)F. The lowest BCUT2D eigenvalue weighted by molar-refractivity contribution is -0.0583. The fourth-order valence-corrected chi connectivity index (χ4v) is 3.53. The van der Waals surface area contributed by atoms with Crippen LogP contribution in [0, 0.1) is 5.41 Å². The van der Waals surface area contributed by atoms with Crippen molar-refractivity contribution in [2.45, 2.75) is 10.4 Å². The van der Waals surface area contributed by atoms with Crippen LogP contribution in [0.25, 0.3) is 5.70 Å². The van der Waals surface area contributed by atoms with Gasteiger partial charge < -0.3 is 5.32 Å². The van der Waals surface area contributed by atoms with Crippen LogP contribution in [0.15, 0.2) is 46.7 Å². The molecule has 2 aromatic rings. The van der Waals surface area contributed by atoms with Gasteiger partial charge in [0.15, 0.2) is 0 Å². The van der Waals surface area contributed by atoms with Crippen LogP contribution in [0.2, 0.25) is 5.02 Å². The molecular weight excluding hydrogens is 401 g/mol. The van der Waals surface area contributed by atoms with Gasteiger partial charge in [0.2, 0.25) is 0 Å². The van der Waals surface area contributed by atoms with Crippen molar-refractivity contribution in [3.05, 3.63) is 52.4 Å². The molecule has 0 spiro atoms. The molecule has 0 saturated heterocycles. The van der Waals surface area contributed by atoms with Crippen molar-refractivity contribution < 1.29 is 26.1 Å². The lowest BCUT2D eigenvalue weighted by Gasteiger charge is -2.12. The first-order valence-electron chi connectivity index (χ1n) is 6.45. The Balaban J connectivity index is 2.49. The second kappa shape index (κ2) is 7.16. The molecule has 1 heterocycles. The van der Waals surface area contributed by atoms with Gasteiger partial charge in [0.25, 0.3) is 0 Å². The highest BCUT2D eigenvalue weighted by Crippen LogP contribution is 2.32. The molecule has 5 nitrogen and oxygen atoms in total. The monoisotopic (exact) mass is 410 g/mol. The van der Waals surface area contributed by atoms with Crippen molar-refractivity contribution >= 4 is 50.2 Å². The van der Waals surface area contributed by atoms with Crippen LogP contribution >= 0.6 is 22.9 Å². The third-order valence-corrected chi connectivity index (χ3v) is 5.61. The Morgan fingerprint density at radius 3 is 2.40 bits per heavy atom. The van der Waals surface area contributed by atoms with Crippen LogP contribution in [0.5, 0.6) is 0 Å². The predicted octanol–water partition coefficient (Wildman–Crippen LogP) is 4.68. The molecule has 0 bridgehead atoms. The van der Waals surface area contributed by atoms with Crippen molar-refractivity contribution in [2.75, 3.05) is 5.32 Å². The third-order valence-electron chi connectivity index (χ3n) is 2.84. The highest BCUT2D eigenvalue weighted by atomic mass is 35.5. The van der Waals surface area contributed by atoms with E-state index >= 15 is 0 Å². The Morgan fingerprint density at radius 1 is 1.24 bits per heavy atom. The molecule has 0 aliphatic heterocycles. The summed E-state index contributed by atoms with van der Waals surface area (Å²) in [7, 11) is -4.49. The Labute approximate surface area is 150 Å². The maximum atomic E-state index is 12.7. The average molecular weight is 411 g/mol. The minimum Gasteiger partial charge on any atom is -0.353 e. The molecule has 134 valence electrons. The second-order valence-corrected chi connectivity index (χ2v) is 7.81. The molecule has 1 aromatic carbocycles. The number of thiophene rings is 1. The number of para-hydroxylation sites is 1.